The van der Waals surface area contributed by atoms with Crippen LogP contribution in [0.5, 0.6) is 0 Å². The molecule has 0 saturated carbocycles. The molecule has 0 spiro atoms. The molecule has 5 heteroatoms. The number of piperidine rings is 1. The Balaban J connectivity index is 1.77. The number of carbonyl (C=O) groups is 1. The standard InChI is InChI=1S/C16H21N3OS/c1-11-9-18(3)15(17-11)13-5-4-8-19(10-13)16(20)14-7-6-12(2)21-14/h6-7,9,13H,4-5,8,10H2,1-3H3. The van der Waals surface area contributed by atoms with Crippen molar-refractivity contribution in [1.82, 2.24) is 14.5 Å². The topological polar surface area (TPSA) is 38.1 Å². The third-order valence-electron chi connectivity index (χ3n) is 4.06. The molecule has 1 aliphatic heterocycles. The molecule has 3 rings (SSSR count). The molecule has 2 aromatic heterocycles. The van der Waals surface area contributed by atoms with Crippen LogP contribution in [0.3, 0.4) is 0 Å². The normalized spacial score (nSPS) is 19.0. The zero-order valence-electron chi connectivity index (χ0n) is 12.8. The first-order chi connectivity index (χ1) is 10.0. The van der Waals surface area contributed by atoms with Gasteiger partial charge in [0.05, 0.1) is 10.6 Å². The van der Waals surface area contributed by atoms with Crippen molar-refractivity contribution < 1.29 is 4.79 Å². The number of carbonyl (C=O) groups excluding carboxylic acids is 1. The van der Waals surface area contributed by atoms with Gasteiger partial charge in [-0.15, -0.1) is 11.3 Å². The second-order valence-electron chi connectivity index (χ2n) is 5.85. The van der Waals surface area contributed by atoms with Gasteiger partial charge in [0.25, 0.3) is 5.91 Å². The second kappa shape index (κ2) is 5.64. The van der Waals surface area contributed by atoms with E-state index in [1.807, 2.05) is 37.9 Å². The van der Waals surface area contributed by atoms with Crippen molar-refractivity contribution in [3.05, 3.63) is 39.6 Å². The quantitative estimate of drug-likeness (QED) is 0.855. The van der Waals surface area contributed by atoms with Crippen LogP contribution >= 0.6 is 11.3 Å². The van der Waals surface area contributed by atoms with Crippen molar-refractivity contribution in [2.45, 2.75) is 32.6 Å². The fourth-order valence-corrected chi connectivity index (χ4v) is 3.93. The number of imidazole rings is 1. The highest BCUT2D eigenvalue weighted by Gasteiger charge is 2.28. The van der Waals surface area contributed by atoms with Crippen LogP contribution in [0.15, 0.2) is 18.3 Å². The van der Waals surface area contributed by atoms with Gasteiger partial charge in [0.1, 0.15) is 5.82 Å². The summed E-state index contributed by atoms with van der Waals surface area (Å²) in [5, 5.41) is 0. The Hall–Kier alpha value is -1.62. The maximum absolute atomic E-state index is 12.6. The first kappa shape index (κ1) is 14.3. The van der Waals surface area contributed by atoms with Gasteiger partial charge >= 0.3 is 0 Å². The summed E-state index contributed by atoms with van der Waals surface area (Å²) in [7, 11) is 2.04. The maximum atomic E-state index is 12.6. The van der Waals surface area contributed by atoms with Gasteiger partial charge in [-0.25, -0.2) is 4.98 Å². The number of rotatable bonds is 2. The third-order valence-corrected chi connectivity index (χ3v) is 5.05. The van der Waals surface area contributed by atoms with Gasteiger partial charge in [-0.05, 0) is 38.8 Å². The number of aromatic nitrogens is 2. The number of aryl methyl sites for hydroxylation is 3. The number of nitrogens with zero attached hydrogens (tertiary/aromatic N) is 3. The average Bonchev–Trinajstić information content (AvgIpc) is 3.04. The molecular weight excluding hydrogens is 282 g/mol. The van der Waals surface area contributed by atoms with Crippen LogP contribution in [0.25, 0.3) is 0 Å². The minimum atomic E-state index is 0.170. The molecule has 2 aromatic rings. The second-order valence-corrected chi connectivity index (χ2v) is 7.14. The molecule has 1 aliphatic rings. The van der Waals surface area contributed by atoms with E-state index in [0.29, 0.717) is 5.92 Å². The van der Waals surface area contributed by atoms with Crippen molar-refractivity contribution in [3.8, 4) is 0 Å². The predicted molar refractivity (Wildman–Crippen MR) is 84.9 cm³/mol. The van der Waals surface area contributed by atoms with Crippen molar-refractivity contribution in [1.29, 1.82) is 0 Å². The Morgan fingerprint density at radius 1 is 1.38 bits per heavy atom. The van der Waals surface area contributed by atoms with Gasteiger partial charge in [0.15, 0.2) is 0 Å². The van der Waals surface area contributed by atoms with Crippen LogP contribution in [0.2, 0.25) is 0 Å². The van der Waals surface area contributed by atoms with Crippen LogP contribution < -0.4 is 0 Å². The maximum Gasteiger partial charge on any atom is 0.263 e. The van der Waals surface area contributed by atoms with E-state index < -0.39 is 0 Å². The van der Waals surface area contributed by atoms with Crippen LogP contribution in [0, 0.1) is 13.8 Å². The van der Waals surface area contributed by atoms with E-state index in [1.165, 1.54) is 4.88 Å². The fraction of sp³-hybridized carbons (Fsp3) is 0.500. The van der Waals surface area contributed by atoms with Crippen LogP contribution in [-0.4, -0.2) is 33.4 Å². The summed E-state index contributed by atoms with van der Waals surface area (Å²) in [6, 6.07) is 3.96. The SMILES string of the molecule is Cc1cn(C)c(C2CCCN(C(=O)c3ccc(C)s3)C2)n1. The van der Waals surface area contributed by atoms with Crippen molar-refractivity contribution in [2.75, 3.05) is 13.1 Å². The summed E-state index contributed by atoms with van der Waals surface area (Å²) < 4.78 is 2.10. The molecule has 4 nitrogen and oxygen atoms in total. The Morgan fingerprint density at radius 2 is 2.19 bits per heavy atom. The van der Waals surface area contributed by atoms with Crippen LogP contribution in [-0.2, 0) is 7.05 Å². The van der Waals surface area contributed by atoms with E-state index in [2.05, 4.69) is 15.7 Å². The molecule has 0 bridgehead atoms. The van der Waals surface area contributed by atoms with E-state index in [1.54, 1.807) is 11.3 Å². The molecule has 1 saturated heterocycles. The molecule has 1 fully saturated rings. The highest BCUT2D eigenvalue weighted by Crippen LogP contribution is 2.28. The highest BCUT2D eigenvalue weighted by atomic mass is 32.1. The Morgan fingerprint density at radius 3 is 2.81 bits per heavy atom. The molecule has 0 aliphatic carbocycles. The molecule has 0 radical (unpaired) electrons. The number of thiophene rings is 1. The van der Waals surface area contributed by atoms with Crippen LogP contribution in [0.4, 0.5) is 0 Å². The number of hydrogen-bond donors (Lipinski definition) is 0. The van der Waals surface area contributed by atoms with E-state index >= 15 is 0 Å². The van der Waals surface area contributed by atoms with Gasteiger partial charge in [-0.2, -0.15) is 0 Å². The molecule has 3 heterocycles. The molecule has 112 valence electrons. The van der Waals surface area contributed by atoms with Gasteiger partial charge < -0.3 is 9.47 Å². The van der Waals surface area contributed by atoms with Crippen LogP contribution in [0.1, 0.15) is 44.8 Å². The molecule has 1 unspecified atom stereocenters. The smallest absolute Gasteiger partial charge is 0.263 e. The minimum Gasteiger partial charge on any atom is -0.337 e. The summed E-state index contributed by atoms with van der Waals surface area (Å²) in [5.41, 5.74) is 1.05. The monoisotopic (exact) mass is 303 g/mol. The zero-order valence-corrected chi connectivity index (χ0v) is 13.6. The first-order valence-corrected chi connectivity index (χ1v) is 8.22. The molecule has 0 N–H and O–H groups in total. The average molecular weight is 303 g/mol. The van der Waals surface area contributed by atoms with E-state index in [4.69, 9.17) is 0 Å². The lowest BCUT2D eigenvalue weighted by atomic mass is 9.97. The summed E-state index contributed by atoms with van der Waals surface area (Å²) in [6.45, 7) is 5.69. The van der Waals surface area contributed by atoms with Crippen molar-refractivity contribution in [2.24, 2.45) is 7.05 Å². The molecule has 1 amide bonds. The van der Waals surface area contributed by atoms with E-state index in [9.17, 15) is 4.79 Å². The molecule has 21 heavy (non-hydrogen) atoms. The first-order valence-electron chi connectivity index (χ1n) is 7.40. The number of hydrogen-bond acceptors (Lipinski definition) is 3. The summed E-state index contributed by atoms with van der Waals surface area (Å²) in [5.74, 6) is 1.62. The molecule has 1 atom stereocenters. The van der Waals surface area contributed by atoms with Crippen molar-refractivity contribution in [3.63, 3.8) is 0 Å². The zero-order chi connectivity index (χ0) is 15.0. The van der Waals surface area contributed by atoms with Gasteiger partial charge in [0, 0.05) is 37.1 Å². The lowest BCUT2D eigenvalue weighted by Crippen LogP contribution is -2.39. The van der Waals surface area contributed by atoms with E-state index in [-0.39, 0.29) is 5.91 Å². The van der Waals surface area contributed by atoms with Crippen molar-refractivity contribution >= 4 is 17.2 Å². The Labute approximate surface area is 129 Å². The fourth-order valence-electron chi connectivity index (χ4n) is 3.09. The van der Waals surface area contributed by atoms with Gasteiger partial charge in [0.2, 0.25) is 0 Å². The Kier molecular flexibility index (Phi) is 3.85. The number of amides is 1. The lowest BCUT2D eigenvalue weighted by molar-refractivity contribution is 0.0708. The van der Waals surface area contributed by atoms with E-state index in [0.717, 1.165) is 42.3 Å². The third kappa shape index (κ3) is 2.88. The molecule has 0 aromatic carbocycles. The highest BCUT2D eigenvalue weighted by molar-refractivity contribution is 7.13. The minimum absolute atomic E-state index is 0.170. The summed E-state index contributed by atoms with van der Waals surface area (Å²) in [6.07, 6.45) is 4.21. The molecular formula is C16H21N3OS. The van der Waals surface area contributed by atoms with Gasteiger partial charge in [-0.1, -0.05) is 0 Å². The summed E-state index contributed by atoms with van der Waals surface area (Å²) in [4.78, 5) is 21.2. The Bertz CT molecular complexity index is 658. The lowest BCUT2D eigenvalue weighted by Gasteiger charge is -2.32. The largest absolute Gasteiger partial charge is 0.337 e. The number of likely N-dealkylation sites (tertiary alicyclic amines) is 1. The predicted octanol–water partition coefficient (Wildman–Crippen LogP) is 3.12. The summed E-state index contributed by atoms with van der Waals surface area (Å²) >= 11 is 1.58. The van der Waals surface area contributed by atoms with Gasteiger partial charge in [-0.3, -0.25) is 4.79 Å².